The smallest absolute Gasteiger partial charge is 0.320 e. The number of hydrogen-bond acceptors (Lipinski definition) is 1. The van der Waals surface area contributed by atoms with E-state index in [0.717, 1.165) is 6.07 Å². The molecule has 0 bridgehead atoms. The highest BCUT2D eigenvalue weighted by atomic mass is 19.2. The van der Waals surface area contributed by atoms with E-state index in [1.54, 1.807) is 7.05 Å². The Morgan fingerprint density at radius 3 is 2.32 bits per heavy atom. The maximum atomic E-state index is 13.5. The molecule has 1 aromatic rings. The van der Waals surface area contributed by atoms with Gasteiger partial charge in [-0.05, 0) is 19.9 Å². The van der Waals surface area contributed by atoms with Gasteiger partial charge < -0.3 is 9.80 Å². The van der Waals surface area contributed by atoms with Crippen LogP contribution in [0.5, 0.6) is 0 Å². The molecular weight excluding hydrogens is 257 g/mol. The Labute approximate surface area is 110 Å². The van der Waals surface area contributed by atoms with Crippen LogP contribution in [0.2, 0.25) is 0 Å². The van der Waals surface area contributed by atoms with Gasteiger partial charge in [0.25, 0.3) is 0 Å². The highest BCUT2D eigenvalue weighted by molar-refractivity contribution is 5.74. The first-order chi connectivity index (χ1) is 8.73. The van der Waals surface area contributed by atoms with Gasteiger partial charge in [0.2, 0.25) is 0 Å². The zero-order valence-corrected chi connectivity index (χ0v) is 11.4. The molecule has 0 saturated heterocycles. The minimum atomic E-state index is -1.26. The van der Waals surface area contributed by atoms with Crippen molar-refractivity contribution in [3.05, 3.63) is 35.1 Å². The summed E-state index contributed by atoms with van der Waals surface area (Å²) in [6.45, 7) is 3.46. The van der Waals surface area contributed by atoms with Gasteiger partial charge in [-0.15, -0.1) is 0 Å². The van der Waals surface area contributed by atoms with Crippen LogP contribution in [0.1, 0.15) is 19.4 Å². The number of nitrogens with zero attached hydrogens (tertiary/aromatic N) is 2. The molecule has 0 aliphatic rings. The van der Waals surface area contributed by atoms with Crippen LogP contribution in [0.3, 0.4) is 0 Å². The summed E-state index contributed by atoms with van der Waals surface area (Å²) in [6.07, 6.45) is 0. The van der Waals surface area contributed by atoms with Crippen molar-refractivity contribution in [1.82, 2.24) is 9.80 Å². The average molecular weight is 274 g/mol. The molecule has 106 valence electrons. The number of benzene rings is 1. The molecule has 1 rings (SSSR count). The standard InChI is InChI=1S/C13H17F3N2O/c1-8(2)18(4)13(19)17(3)7-9-5-10(14)6-11(15)12(9)16/h5-6,8H,7H2,1-4H3. The monoisotopic (exact) mass is 274 g/mol. The first-order valence-electron chi connectivity index (χ1n) is 5.85. The lowest BCUT2D eigenvalue weighted by Crippen LogP contribution is -2.42. The number of amides is 2. The predicted octanol–water partition coefficient (Wildman–Crippen LogP) is 3.00. The molecule has 0 aliphatic carbocycles. The topological polar surface area (TPSA) is 23.6 Å². The van der Waals surface area contributed by atoms with Crippen LogP contribution >= 0.6 is 0 Å². The van der Waals surface area contributed by atoms with Crippen molar-refractivity contribution in [2.45, 2.75) is 26.4 Å². The minimum Gasteiger partial charge on any atom is -0.325 e. The van der Waals surface area contributed by atoms with Gasteiger partial charge in [-0.3, -0.25) is 0 Å². The largest absolute Gasteiger partial charge is 0.325 e. The van der Waals surface area contributed by atoms with Crippen molar-refractivity contribution >= 4 is 6.03 Å². The Bertz CT molecular complexity index is 477. The molecule has 1 aromatic carbocycles. The van der Waals surface area contributed by atoms with Crippen molar-refractivity contribution < 1.29 is 18.0 Å². The van der Waals surface area contributed by atoms with E-state index in [1.807, 2.05) is 13.8 Å². The first-order valence-corrected chi connectivity index (χ1v) is 5.85. The second-order valence-electron chi connectivity index (χ2n) is 4.70. The Morgan fingerprint density at radius 1 is 1.21 bits per heavy atom. The Kier molecular flexibility index (Phi) is 4.80. The van der Waals surface area contributed by atoms with Crippen molar-refractivity contribution in [3.63, 3.8) is 0 Å². The summed E-state index contributed by atoms with van der Waals surface area (Å²) in [6, 6.07) is 0.987. The quantitative estimate of drug-likeness (QED) is 0.777. The predicted molar refractivity (Wildman–Crippen MR) is 66.1 cm³/mol. The lowest BCUT2D eigenvalue weighted by atomic mass is 10.2. The number of halogens is 3. The van der Waals surface area contributed by atoms with Crippen LogP contribution in [0.15, 0.2) is 12.1 Å². The van der Waals surface area contributed by atoms with Gasteiger partial charge >= 0.3 is 6.03 Å². The highest BCUT2D eigenvalue weighted by Crippen LogP contribution is 2.16. The van der Waals surface area contributed by atoms with Crippen LogP contribution in [0, 0.1) is 17.5 Å². The van der Waals surface area contributed by atoms with E-state index in [9.17, 15) is 18.0 Å². The maximum Gasteiger partial charge on any atom is 0.320 e. The second-order valence-corrected chi connectivity index (χ2v) is 4.70. The zero-order chi connectivity index (χ0) is 14.7. The molecule has 0 fully saturated rings. The number of carbonyl (C=O) groups excluding carboxylic acids is 1. The second kappa shape index (κ2) is 5.95. The Morgan fingerprint density at radius 2 is 1.79 bits per heavy atom. The summed E-state index contributed by atoms with van der Waals surface area (Å²) >= 11 is 0. The molecule has 0 aliphatic heterocycles. The molecule has 0 unspecified atom stereocenters. The third-order valence-electron chi connectivity index (χ3n) is 2.88. The van der Waals surface area contributed by atoms with Crippen LogP contribution in [0.25, 0.3) is 0 Å². The molecule has 19 heavy (non-hydrogen) atoms. The van der Waals surface area contributed by atoms with Crippen molar-refractivity contribution in [1.29, 1.82) is 0 Å². The van der Waals surface area contributed by atoms with E-state index < -0.39 is 17.5 Å². The summed E-state index contributed by atoms with van der Waals surface area (Å²) in [5.74, 6) is -3.26. The Balaban J connectivity index is 2.88. The summed E-state index contributed by atoms with van der Waals surface area (Å²) in [5.41, 5.74) is -0.189. The van der Waals surface area contributed by atoms with Gasteiger partial charge in [-0.1, -0.05) is 0 Å². The van der Waals surface area contributed by atoms with Crippen molar-refractivity contribution in [2.75, 3.05) is 14.1 Å². The van der Waals surface area contributed by atoms with Crippen LogP contribution in [0.4, 0.5) is 18.0 Å². The molecule has 0 spiro atoms. The number of carbonyl (C=O) groups is 1. The molecular formula is C13H17F3N2O. The van der Waals surface area contributed by atoms with Crippen molar-refractivity contribution in [3.8, 4) is 0 Å². The molecule has 0 heterocycles. The normalized spacial score (nSPS) is 10.7. The Hall–Kier alpha value is -1.72. The fourth-order valence-electron chi connectivity index (χ4n) is 1.54. The minimum absolute atomic E-state index is 0.0240. The van der Waals surface area contributed by atoms with Gasteiger partial charge in [-0.2, -0.15) is 0 Å². The molecule has 0 N–H and O–H groups in total. The average Bonchev–Trinajstić information content (AvgIpc) is 2.33. The van der Waals surface area contributed by atoms with E-state index in [4.69, 9.17) is 0 Å². The van der Waals surface area contributed by atoms with E-state index >= 15 is 0 Å². The lowest BCUT2D eigenvalue weighted by Gasteiger charge is -2.27. The molecule has 0 radical (unpaired) electrons. The zero-order valence-electron chi connectivity index (χ0n) is 11.4. The fourth-order valence-corrected chi connectivity index (χ4v) is 1.54. The van der Waals surface area contributed by atoms with Crippen LogP contribution in [-0.2, 0) is 6.54 Å². The van der Waals surface area contributed by atoms with Crippen LogP contribution < -0.4 is 0 Å². The molecule has 3 nitrogen and oxygen atoms in total. The lowest BCUT2D eigenvalue weighted by molar-refractivity contribution is 0.160. The van der Waals surface area contributed by atoms with Gasteiger partial charge in [0.1, 0.15) is 5.82 Å². The van der Waals surface area contributed by atoms with Gasteiger partial charge in [0.05, 0.1) is 6.54 Å². The SMILES string of the molecule is CC(C)N(C)C(=O)N(C)Cc1cc(F)cc(F)c1F. The highest BCUT2D eigenvalue weighted by Gasteiger charge is 2.19. The molecule has 2 amide bonds. The van der Waals surface area contributed by atoms with Crippen molar-refractivity contribution in [2.24, 2.45) is 0 Å². The maximum absolute atomic E-state index is 13.5. The third-order valence-corrected chi connectivity index (χ3v) is 2.88. The molecule has 0 aromatic heterocycles. The fraction of sp³-hybridized carbons (Fsp3) is 0.462. The van der Waals surface area contributed by atoms with E-state index in [1.165, 1.54) is 16.8 Å². The molecule has 6 heteroatoms. The number of hydrogen-bond donors (Lipinski definition) is 0. The third kappa shape index (κ3) is 3.62. The number of rotatable bonds is 3. The molecule has 0 atom stereocenters. The summed E-state index contributed by atoms with van der Waals surface area (Å²) in [7, 11) is 3.05. The molecule has 0 saturated carbocycles. The van der Waals surface area contributed by atoms with E-state index in [2.05, 4.69) is 0 Å². The first kappa shape index (κ1) is 15.3. The van der Waals surface area contributed by atoms with Gasteiger partial charge in [0.15, 0.2) is 11.6 Å². The van der Waals surface area contributed by atoms with E-state index in [0.29, 0.717) is 6.07 Å². The van der Waals surface area contributed by atoms with Gasteiger partial charge in [0, 0.05) is 31.8 Å². The summed E-state index contributed by atoms with van der Waals surface area (Å²) < 4.78 is 39.5. The number of urea groups is 1. The summed E-state index contributed by atoms with van der Waals surface area (Å²) in [5, 5.41) is 0. The van der Waals surface area contributed by atoms with Crippen LogP contribution in [-0.4, -0.2) is 36.0 Å². The van der Waals surface area contributed by atoms with Gasteiger partial charge in [-0.25, -0.2) is 18.0 Å². The summed E-state index contributed by atoms with van der Waals surface area (Å²) in [4.78, 5) is 14.6. The van der Waals surface area contributed by atoms with E-state index in [-0.39, 0.29) is 24.2 Å².